The summed E-state index contributed by atoms with van der Waals surface area (Å²) in [5.41, 5.74) is 1.26. The molecule has 0 aliphatic carbocycles. The molecule has 0 saturated carbocycles. The van der Waals surface area contributed by atoms with Gasteiger partial charge in [0, 0.05) is 6.20 Å². The van der Waals surface area contributed by atoms with Gasteiger partial charge in [-0.25, -0.2) is 9.29 Å². The highest BCUT2D eigenvalue weighted by Crippen LogP contribution is 2.21. The molecular weight excluding hydrogens is 285 g/mol. The Morgan fingerprint density at radius 3 is 2.64 bits per heavy atom. The quantitative estimate of drug-likeness (QED) is 0.842. The van der Waals surface area contributed by atoms with Gasteiger partial charge in [0.05, 0.1) is 17.8 Å². The van der Waals surface area contributed by atoms with Gasteiger partial charge in [0.25, 0.3) is 5.91 Å². The summed E-state index contributed by atoms with van der Waals surface area (Å²) in [5, 5.41) is 1.81. The average molecular weight is 300 g/mol. The summed E-state index contributed by atoms with van der Waals surface area (Å²) >= 11 is 0. The number of hydrogen-bond acceptors (Lipinski definition) is 3. The molecule has 3 rings (SSSR count). The predicted molar refractivity (Wildman–Crippen MR) is 77.2 cm³/mol. The van der Waals surface area contributed by atoms with Gasteiger partial charge in [-0.3, -0.25) is 14.6 Å². The minimum Gasteiger partial charge on any atom is -0.331 e. The number of imide groups is 1. The number of nitrogens with zero attached hydrogens (tertiary/aromatic N) is 2. The number of rotatable bonds is 4. The number of anilines is 1. The maximum absolute atomic E-state index is 13.0. The molecule has 0 bridgehead atoms. The number of quaternary nitrogens is 1. The van der Waals surface area contributed by atoms with E-state index in [1.165, 1.54) is 24.3 Å². The van der Waals surface area contributed by atoms with Crippen molar-refractivity contribution in [3.8, 4) is 0 Å². The van der Waals surface area contributed by atoms with Crippen LogP contribution in [0.4, 0.5) is 10.1 Å². The highest BCUT2D eigenvalue weighted by Gasteiger charge is 2.42. The first-order valence-corrected chi connectivity index (χ1v) is 7.01. The minimum atomic E-state index is -0.459. The van der Waals surface area contributed by atoms with Gasteiger partial charge in [0.2, 0.25) is 5.91 Å². The van der Waals surface area contributed by atoms with Crippen LogP contribution in [0.1, 0.15) is 12.1 Å². The monoisotopic (exact) mass is 300 g/mol. The number of hydrogen-bond donors (Lipinski definition) is 1. The molecular formula is C16H15FN3O2+. The van der Waals surface area contributed by atoms with E-state index in [4.69, 9.17) is 0 Å². The van der Waals surface area contributed by atoms with E-state index in [2.05, 4.69) is 4.98 Å². The van der Waals surface area contributed by atoms with Gasteiger partial charge in [-0.15, -0.1) is 0 Å². The number of carbonyl (C=O) groups excluding carboxylic acids is 2. The maximum Gasteiger partial charge on any atom is 0.292 e. The van der Waals surface area contributed by atoms with Crippen LogP contribution in [0, 0.1) is 5.82 Å². The minimum absolute atomic E-state index is 0.142. The zero-order valence-electron chi connectivity index (χ0n) is 11.8. The third kappa shape index (κ3) is 2.87. The van der Waals surface area contributed by atoms with Crippen LogP contribution in [0.25, 0.3) is 0 Å². The first kappa shape index (κ1) is 14.3. The number of halogens is 1. The fourth-order valence-electron chi connectivity index (χ4n) is 2.48. The van der Waals surface area contributed by atoms with Gasteiger partial charge in [0.1, 0.15) is 12.4 Å². The van der Waals surface area contributed by atoms with Crippen molar-refractivity contribution in [2.75, 3.05) is 4.90 Å². The van der Waals surface area contributed by atoms with Gasteiger partial charge >= 0.3 is 0 Å². The molecule has 2 heterocycles. The van der Waals surface area contributed by atoms with E-state index in [1.54, 1.807) is 6.20 Å². The molecule has 1 atom stereocenters. The van der Waals surface area contributed by atoms with Gasteiger partial charge < -0.3 is 5.32 Å². The van der Waals surface area contributed by atoms with Crippen molar-refractivity contribution in [2.45, 2.75) is 19.0 Å². The number of nitrogens with two attached hydrogens (primary N) is 1. The molecule has 112 valence electrons. The molecule has 2 N–H and O–H groups in total. The number of aromatic nitrogens is 1. The molecule has 0 spiro atoms. The first-order valence-electron chi connectivity index (χ1n) is 7.01. The van der Waals surface area contributed by atoms with Crippen molar-refractivity contribution in [2.24, 2.45) is 0 Å². The highest BCUT2D eigenvalue weighted by molar-refractivity contribution is 6.21. The summed E-state index contributed by atoms with van der Waals surface area (Å²) in [6, 6.07) is 10.5. The fraction of sp³-hybridized carbons (Fsp3) is 0.188. The molecule has 1 aliphatic heterocycles. The van der Waals surface area contributed by atoms with Crippen LogP contribution >= 0.6 is 0 Å². The molecule has 0 radical (unpaired) electrons. The van der Waals surface area contributed by atoms with E-state index in [1.807, 2.05) is 23.5 Å². The van der Waals surface area contributed by atoms with Crippen LogP contribution in [0.2, 0.25) is 0 Å². The van der Waals surface area contributed by atoms with E-state index < -0.39 is 11.9 Å². The lowest BCUT2D eigenvalue weighted by molar-refractivity contribution is -0.690. The zero-order valence-corrected chi connectivity index (χ0v) is 11.8. The third-order valence-corrected chi connectivity index (χ3v) is 3.60. The molecule has 1 aromatic heterocycles. The smallest absolute Gasteiger partial charge is 0.292 e. The van der Waals surface area contributed by atoms with E-state index in [9.17, 15) is 14.0 Å². The first-order chi connectivity index (χ1) is 10.6. The van der Waals surface area contributed by atoms with Crippen molar-refractivity contribution in [1.29, 1.82) is 0 Å². The molecule has 1 fully saturated rings. The Morgan fingerprint density at radius 1 is 1.18 bits per heavy atom. The van der Waals surface area contributed by atoms with Gasteiger partial charge in [-0.2, -0.15) is 0 Å². The number of benzene rings is 1. The lowest BCUT2D eigenvalue weighted by atomic mass is 10.2. The molecule has 6 heteroatoms. The maximum atomic E-state index is 13.0. The standard InChI is InChI=1S/C16H14FN3O2/c17-11-4-6-13(7-5-11)20-15(21)9-14(16(20)22)19-10-12-3-1-2-8-18-12/h1-8,14,19H,9-10H2/p+1/t14-/m0/s1. The van der Waals surface area contributed by atoms with Gasteiger partial charge in [0.15, 0.2) is 6.04 Å². The normalized spacial score (nSPS) is 18.0. The SMILES string of the molecule is O=C1C[C@H]([NH2+]Cc2ccccn2)C(=O)N1c1ccc(F)cc1. The second-order valence-electron chi connectivity index (χ2n) is 5.12. The van der Waals surface area contributed by atoms with E-state index in [0.29, 0.717) is 12.2 Å². The molecule has 1 saturated heterocycles. The highest BCUT2D eigenvalue weighted by atomic mass is 19.1. The summed E-state index contributed by atoms with van der Waals surface area (Å²) in [4.78, 5) is 29.8. The molecule has 0 unspecified atom stereocenters. The molecule has 22 heavy (non-hydrogen) atoms. The second-order valence-corrected chi connectivity index (χ2v) is 5.12. The number of amides is 2. The lowest BCUT2D eigenvalue weighted by Crippen LogP contribution is -2.90. The summed E-state index contributed by atoms with van der Waals surface area (Å²) < 4.78 is 13.0. The van der Waals surface area contributed by atoms with E-state index in [0.717, 1.165) is 10.6 Å². The summed E-state index contributed by atoms with van der Waals surface area (Å²) in [7, 11) is 0. The Balaban J connectivity index is 1.70. The Labute approximate surface area is 126 Å². The largest absolute Gasteiger partial charge is 0.331 e. The average Bonchev–Trinajstić information content (AvgIpc) is 2.82. The van der Waals surface area contributed by atoms with Gasteiger partial charge in [-0.05, 0) is 36.4 Å². The van der Waals surface area contributed by atoms with Crippen molar-refractivity contribution < 1.29 is 19.3 Å². The topological polar surface area (TPSA) is 66.9 Å². The molecule has 1 aromatic carbocycles. The molecule has 2 aromatic rings. The molecule has 2 amide bonds. The fourth-order valence-corrected chi connectivity index (χ4v) is 2.48. The number of carbonyl (C=O) groups is 2. The number of pyridine rings is 1. The Bertz CT molecular complexity index is 688. The lowest BCUT2D eigenvalue weighted by Gasteiger charge is -2.14. The zero-order chi connectivity index (χ0) is 15.5. The Morgan fingerprint density at radius 2 is 1.95 bits per heavy atom. The van der Waals surface area contributed by atoms with Crippen molar-refractivity contribution in [3.63, 3.8) is 0 Å². The van der Waals surface area contributed by atoms with Crippen molar-refractivity contribution >= 4 is 17.5 Å². The van der Waals surface area contributed by atoms with Crippen LogP contribution in [0.15, 0.2) is 48.7 Å². The van der Waals surface area contributed by atoms with Crippen LogP contribution < -0.4 is 10.2 Å². The third-order valence-electron chi connectivity index (χ3n) is 3.60. The summed E-state index contributed by atoms with van der Waals surface area (Å²) in [5.74, 6) is -0.937. The van der Waals surface area contributed by atoms with Crippen LogP contribution in [0.5, 0.6) is 0 Å². The van der Waals surface area contributed by atoms with Crippen molar-refractivity contribution in [3.05, 3.63) is 60.2 Å². The summed E-state index contributed by atoms with van der Waals surface area (Å²) in [6.45, 7) is 0.530. The second kappa shape index (κ2) is 6.03. The van der Waals surface area contributed by atoms with Crippen LogP contribution in [-0.4, -0.2) is 22.8 Å². The molecule has 5 nitrogen and oxygen atoms in total. The van der Waals surface area contributed by atoms with Crippen LogP contribution in [0.3, 0.4) is 0 Å². The van der Waals surface area contributed by atoms with E-state index in [-0.39, 0.29) is 18.2 Å². The Kier molecular flexibility index (Phi) is 3.93. The Hall–Kier alpha value is -2.60. The van der Waals surface area contributed by atoms with Gasteiger partial charge in [-0.1, -0.05) is 6.07 Å². The predicted octanol–water partition coefficient (Wildman–Crippen LogP) is 0.616. The van der Waals surface area contributed by atoms with E-state index >= 15 is 0 Å². The summed E-state index contributed by atoms with van der Waals surface area (Å²) in [6.07, 6.45) is 1.83. The molecule has 1 aliphatic rings. The van der Waals surface area contributed by atoms with Crippen molar-refractivity contribution in [1.82, 2.24) is 4.98 Å². The van der Waals surface area contributed by atoms with Crippen LogP contribution in [-0.2, 0) is 16.1 Å².